The predicted molar refractivity (Wildman–Crippen MR) is 84.9 cm³/mol. The van der Waals surface area contributed by atoms with E-state index in [0.29, 0.717) is 6.04 Å². The van der Waals surface area contributed by atoms with Crippen LogP contribution in [-0.4, -0.2) is 24.0 Å². The van der Waals surface area contributed by atoms with E-state index in [0.717, 1.165) is 19.5 Å². The highest BCUT2D eigenvalue weighted by atomic mass is 35.5. The first-order valence-corrected chi connectivity index (χ1v) is 7.20. The number of piperidine rings is 1. The molecule has 1 heterocycles. The van der Waals surface area contributed by atoms with Crippen molar-refractivity contribution in [2.75, 3.05) is 13.1 Å². The van der Waals surface area contributed by atoms with E-state index in [9.17, 15) is 0 Å². The maximum atomic E-state index is 5.74. The molecule has 2 N–H and O–H groups in total. The SMILES string of the molecule is Cc1cc(C)cc(CN2CCCCC2CCN)c1.Cl. The summed E-state index contributed by atoms with van der Waals surface area (Å²) in [5.41, 5.74) is 9.94. The van der Waals surface area contributed by atoms with Gasteiger partial charge in [-0.2, -0.15) is 0 Å². The topological polar surface area (TPSA) is 29.3 Å². The summed E-state index contributed by atoms with van der Waals surface area (Å²) < 4.78 is 0. The predicted octanol–water partition coefficient (Wildman–Crippen LogP) is 3.43. The van der Waals surface area contributed by atoms with Crippen molar-refractivity contribution in [3.8, 4) is 0 Å². The maximum Gasteiger partial charge on any atom is 0.0236 e. The number of likely N-dealkylation sites (tertiary alicyclic amines) is 1. The Morgan fingerprint density at radius 3 is 2.47 bits per heavy atom. The normalized spacial score (nSPS) is 20.1. The number of nitrogens with two attached hydrogens (primary N) is 1. The van der Waals surface area contributed by atoms with E-state index in [1.54, 1.807) is 0 Å². The molecule has 0 spiro atoms. The molecule has 0 bridgehead atoms. The fourth-order valence-corrected chi connectivity index (χ4v) is 3.18. The molecule has 1 aromatic carbocycles. The van der Waals surface area contributed by atoms with Gasteiger partial charge in [0.15, 0.2) is 0 Å². The Balaban J connectivity index is 0.00000180. The van der Waals surface area contributed by atoms with Gasteiger partial charge >= 0.3 is 0 Å². The summed E-state index contributed by atoms with van der Waals surface area (Å²) in [4.78, 5) is 2.63. The molecule has 1 atom stereocenters. The quantitative estimate of drug-likeness (QED) is 0.917. The van der Waals surface area contributed by atoms with Crippen molar-refractivity contribution < 1.29 is 0 Å². The molecule has 1 aliphatic heterocycles. The highest BCUT2D eigenvalue weighted by molar-refractivity contribution is 5.85. The van der Waals surface area contributed by atoms with E-state index in [1.807, 2.05) is 0 Å². The van der Waals surface area contributed by atoms with Gasteiger partial charge in [0.05, 0.1) is 0 Å². The fraction of sp³-hybridized carbons (Fsp3) is 0.625. The van der Waals surface area contributed by atoms with Crippen LogP contribution in [0.4, 0.5) is 0 Å². The number of hydrogen-bond donors (Lipinski definition) is 1. The average Bonchev–Trinajstić information content (AvgIpc) is 2.30. The van der Waals surface area contributed by atoms with Gasteiger partial charge in [-0.25, -0.2) is 0 Å². The standard InChI is InChI=1S/C16H26N2.ClH/c1-13-9-14(2)11-15(10-13)12-18-8-4-3-5-16(18)6-7-17;/h9-11,16H,3-8,12,17H2,1-2H3;1H. The van der Waals surface area contributed by atoms with E-state index < -0.39 is 0 Å². The Kier molecular flexibility index (Phi) is 6.84. The van der Waals surface area contributed by atoms with Crippen LogP contribution in [0.5, 0.6) is 0 Å². The molecular weight excluding hydrogens is 256 g/mol. The zero-order valence-electron chi connectivity index (χ0n) is 12.2. The van der Waals surface area contributed by atoms with Gasteiger partial charge in [-0.15, -0.1) is 12.4 Å². The highest BCUT2D eigenvalue weighted by Gasteiger charge is 2.21. The average molecular weight is 283 g/mol. The second-order valence-corrected chi connectivity index (χ2v) is 5.69. The summed E-state index contributed by atoms with van der Waals surface area (Å²) in [6.07, 6.45) is 5.17. The van der Waals surface area contributed by atoms with Crippen LogP contribution in [0, 0.1) is 13.8 Å². The summed E-state index contributed by atoms with van der Waals surface area (Å²) in [7, 11) is 0. The van der Waals surface area contributed by atoms with Crippen molar-refractivity contribution in [2.45, 2.75) is 52.1 Å². The minimum atomic E-state index is 0. The molecule has 0 aliphatic carbocycles. The van der Waals surface area contributed by atoms with Crippen molar-refractivity contribution in [1.82, 2.24) is 4.90 Å². The molecule has 1 unspecified atom stereocenters. The molecule has 19 heavy (non-hydrogen) atoms. The second-order valence-electron chi connectivity index (χ2n) is 5.69. The van der Waals surface area contributed by atoms with Gasteiger partial charge in [-0.3, -0.25) is 4.90 Å². The molecule has 1 aromatic rings. The molecule has 2 rings (SSSR count). The van der Waals surface area contributed by atoms with Crippen molar-refractivity contribution in [3.05, 3.63) is 34.9 Å². The summed E-state index contributed by atoms with van der Waals surface area (Å²) in [5.74, 6) is 0. The summed E-state index contributed by atoms with van der Waals surface area (Å²) in [6.45, 7) is 7.51. The van der Waals surface area contributed by atoms with Crippen LogP contribution in [0.1, 0.15) is 42.4 Å². The molecule has 1 saturated heterocycles. The van der Waals surface area contributed by atoms with Gasteiger partial charge in [0.1, 0.15) is 0 Å². The molecule has 1 fully saturated rings. The number of benzene rings is 1. The summed E-state index contributed by atoms with van der Waals surface area (Å²) >= 11 is 0. The van der Waals surface area contributed by atoms with Crippen molar-refractivity contribution in [3.63, 3.8) is 0 Å². The Hall–Kier alpha value is -0.570. The first-order chi connectivity index (χ1) is 8.69. The molecule has 3 heteroatoms. The van der Waals surface area contributed by atoms with Gasteiger partial charge in [-0.1, -0.05) is 35.7 Å². The lowest BCUT2D eigenvalue weighted by Crippen LogP contribution is -2.40. The summed E-state index contributed by atoms with van der Waals surface area (Å²) in [6, 6.07) is 7.59. The van der Waals surface area contributed by atoms with E-state index in [-0.39, 0.29) is 12.4 Å². The van der Waals surface area contributed by atoms with E-state index in [4.69, 9.17) is 5.73 Å². The molecular formula is C16H27ClN2. The Bertz CT molecular complexity index is 370. The van der Waals surface area contributed by atoms with Gasteiger partial charge in [-0.05, 0) is 51.8 Å². The van der Waals surface area contributed by atoms with Crippen LogP contribution < -0.4 is 5.73 Å². The molecule has 1 aliphatic rings. The molecule has 2 nitrogen and oxygen atoms in total. The number of halogens is 1. The number of nitrogens with zero attached hydrogens (tertiary/aromatic N) is 1. The van der Waals surface area contributed by atoms with Crippen molar-refractivity contribution >= 4 is 12.4 Å². The van der Waals surface area contributed by atoms with Gasteiger partial charge in [0.25, 0.3) is 0 Å². The fourth-order valence-electron chi connectivity index (χ4n) is 3.18. The second kappa shape index (κ2) is 7.88. The third-order valence-corrected chi connectivity index (χ3v) is 3.92. The van der Waals surface area contributed by atoms with Gasteiger partial charge < -0.3 is 5.73 Å². The van der Waals surface area contributed by atoms with E-state index in [1.165, 1.54) is 42.5 Å². The first kappa shape index (κ1) is 16.5. The van der Waals surface area contributed by atoms with Crippen LogP contribution in [0.15, 0.2) is 18.2 Å². The van der Waals surface area contributed by atoms with Gasteiger partial charge in [0, 0.05) is 12.6 Å². The number of aryl methyl sites for hydroxylation is 2. The molecule has 0 aromatic heterocycles. The number of hydrogen-bond acceptors (Lipinski definition) is 2. The van der Waals surface area contributed by atoms with Crippen LogP contribution in [-0.2, 0) is 6.54 Å². The lowest BCUT2D eigenvalue weighted by molar-refractivity contribution is 0.134. The lowest BCUT2D eigenvalue weighted by atomic mass is 9.98. The van der Waals surface area contributed by atoms with E-state index in [2.05, 4.69) is 36.9 Å². The molecule has 0 radical (unpaired) electrons. The van der Waals surface area contributed by atoms with Gasteiger partial charge in [0.2, 0.25) is 0 Å². The van der Waals surface area contributed by atoms with Crippen molar-refractivity contribution in [2.24, 2.45) is 5.73 Å². The zero-order valence-corrected chi connectivity index (χ0v) is 13.0. The third kappa shape index (κ3) is 4.79. The smallest absolute Gasteiger partial charge is 0.0236 e. The molecule has 108 valence electrons. The van der Waals surface area contributed by atoms with E-state index >= 15 is 0 Å². The number of rotatable bonds is 4. The molecule has 0 saturated carbocycles. The zero-order chi connectivity index (χ0) is 13.0. The summed E-state index contributed by atoms with van der Waals surface area (Å²) in [5, 5.41) is 0. The third-order valence-electron chi connectivity index (χ3n) is 3.92. The lowest BCUT2D eigenvalue weighted by Gasteiger charge is -2.35. The van der Waals surface area contributed by atoms with Crippen LogP contribution >= 0.6 is 12.4 Å². The Labute approximate surface area is 123 Å². The minimum Gasteiger partial charge on any atom is -0.330 e. The Morgan fingerprint density at radius 1 is 1.16 bits per heavy atom. The highest BCUT2D eigenvalue weighted by Crippen LogP contribution is 2.22. The Morgan fingerprint density at radius 2 is 1.84 bits per heavy atom. The van der Waals surface area contributed by atoms with Crippen LogP contribution in [0.3, 0.4) is 0 Å². The van der Waals surface area contributed by atoms with Crippen LogP contribution in [0.25, 0.3) is 0 Å². The van der Waals surface area contributed by atoms with Crippen LogP contribution in [0.2, 0.25) is 0 Å². The van der Waals surface area contributed by atoms with Crippen molar-refractivity contribution in [1.29, 1.82) is 0 Å². The first-order valence-electron chi connectivity index (χ1n) is 7.20. The minimum absolute atomic E-state index is 0. The maximum absolute atomic E-state index is 5.74. The molecule has 0 amide bonds. The monoisotopic (exact) mass is 282 g/mol. The largest absolute Gasteiger partial charge is 0.330 e.